The van der Waals surface area contributed by atoms with Gasteiger partial charge in [-0.1, -0.05) is 30.7 Å². The summed E-state index contributed by atoms with van der Waals surface area (Å²) in [5.41, 5.74) is 3.96. The van der Waals surface area contributed by atoms with Crippen molar-refractivity contribution >= 4 is 22.8 Å². The molecule has 0 saturated carbocycles. The fraction of sp³-hybridized carbons (Fsp3) is 0.516. The number of nitrogens with one attached hydrogen (secondary N) is 1. The van der Waals surface area contributed by atoms with Crippen molar-refractivity contribution in [1.82, 2.24) is 19.4 Å². The fourth-order valence-electron chi connectivity index (χ4n) is 6.17. The normalized spacial score (nSPS) is 20.0. The van der Waals surface area contributed by atoms with Crippen molar-refractivity contribution in [3.8, 4) is 5.75 Å². The Bertz CT molecular complexity index is 1410. The van der Waals surface area contributed by atoms with Gasteiger partial charge in [0.15, 0.2) is 6.10 Å². The zero-order valence-electron chi connectivity index (χ0n) is 23.4. The number of rotatable bonds is 3. The Kier molecular flexibility index (Phi) is 7.82. The van der Waals surface area contributed by atoms with E-state index in [-0.39, 0.29) is 22.9 Å². The van der Waals surface area contributed by atoms with Crippen LogP contribution in [-0.4, -0.2) is 51.6 Å². The molecule has 39 heavy (non-hydrogen) atoms. The summed E-state index contributed by atoms with van der Waals surface area (Å²) in [5.74, 6) is 0.883. The number of aryl methyl sites for hydroxylation is 4. The number of piperidine rings is 1. The number of carbonyl (C=O) groups is 2. The van der Waals surface area contributed by atoms with Gasteiger partial charge in [-0.15, -0.1) is 0 Å². The standard InChI is InChI=1S/C31H40N4O4/c1-22-29(37)32-21-31(15-7-6-9-24-8-4-5-10-27(24)39-22)16-18-35(19-17-31)28(36)14-12-23-11-13-25-26(20-23)34(3)30(38)33(25)2/h4-5,8,10-11,13,20,22H,6-7,9,12,14-19,21H2,1-3H3,(H,32,37)/t22-/m1/s1. The highest BCUT2D eigenvalue weighted by Crippen LogP contribution is 2.37. The Hall–Kier alpha value is -3.55. The van der Waals surface area contributed by atoms with Crippen molar-refractivity contribution in [2.24, 2.45) is 19.5 Å². The van der Waals surface area contributed by atoms with Crippen LogP contribution < -0.4 is 15.7 Å². The quantitative estimate of drug-likeness (QED) is 0.557. The molecule has 0 bridgehead atoms. The van der Waals surface area contributed by atoms with Crippen LogP contribution in [0.15, 0.2) is 47.3 Å². The van der Waals surface area contributed by atoms with Crippen LogP contribution in [0.2, 0.25) is 0 Å². The lowest BCUT2D eigenvalue weighted by Crippen LogP contribution is -2.49. The number of hydrogen-bond acceptors (Lipinski definition) is 4. The molecule has 3 heterocycles. The van der Waals surface area contributed by atoms with E-state index >= 15 is 0 Å². The van der Waals surface area contributed by atoms with Gasteiger partial charge in [-0.2, -0.15) is 0 Å². The topological polar surface area (TPSA) is 85.6 Å². The first-order valence-corrected chi connectivity index (χ1v) is 14.2. The first-order valence-electron chi connectivity index (χ1n) is 14.2. The summed E-state index contributed by atoms with van der Waals surface area (Å²) in [7, 11) is 3.55. The molecule has 8 nitrogen and oxygen atoms in total. The minimum absolute atomic E-state index is 0.00794. The summed E-state index contributed by atoms with van der Waals surface area (Å²) in [6.07, 6.45) is 6.46. The Morgan fingerprint density at radius 2 is 1.74 bits per heavy atom. The van der Waals surface area contributed by atoms with E-state index in [0.29, 0.717) is 19.4 Å². The second-order valence-electron chi connectivity index (χ2n) is 11.4. The Labute approximate surface area is 229 Å². The van der Waals surface area contributed by atoms with Gasteiger partial charge < -0.3 is 15.0 Å². The van der Waals surface area contributed by atoms with E-state index in [1.165, 1.54) is 0 Å². The third-order valence-corrected chi connectivity index (χ3v) is 8.83. The lowest BCUT2D eigenvalue weighted by atomic mass is 9.74. The van der Waals surface area contributed by atoms with Crippen LogP contribution in [0, 0.1) is 5.41 Å². The number of fused-ring (bicyclic) bond motifs is 2. The van der Waals surface area contributed by atoms with Crippen LogP contribution in [0.4, 0.5) is 0 Å². The average Bonchev–Trinajstić information content (AvgIpc) is 3.16. The molecule has 5 rings (SSSR count). The third-order valence-electron chi connectivity index (χ3n) is 8.83. The van der Waals surface area contributed by atoms with Crippen LogP contribution in [-0.2, 0) is 36.5 Å². The molecule has 208 valence electrons. The van der Waals surface area contributed by atoms with Gasteiger partial charge in [-0.05, 0) is 80.2 Å². The monoisotopic (exact) mass is 532 g/mol. The zero-order valence-corrected chi connectivity index (χ0v) is 23.4. The lowest BCUT2D eigenvalue weighted by Gasteiger charge is -2.42. The molecule has 1 fully saturated rings. The summed E-state index contributed by atoms with van der Waals surface area (Å²) in [6, 6.07) is 14.0. The predicted molar refractivity (Wildman–Crippen MR) is 152 cm³/mol. The van der Waals surface area contributed by atoms with Gasteiger partial charge in [0.25, 0.3) is 5.91 Å². The molecular formula is C31H40N4O4. The summed E-state index contributed by atoms with van der Waals surface area (Å²) >= 11 is 0. The van der Waals surface area contributed by atoms with E-state index in [4.69, 9.17) is 4.74 Å². The Morgan fingerprint density at radius 1 is 1.00 bits per heavy atom. The molecule has 1 saturated heterocycles. The predicted octanol–water partition coefficient (Wildman–Crippen LogP) is 3.73. The second-order valence-corrected chi connectivity index (χ2v) is 11.4. The number of imidazole rings is 1. The van der Waals surface area contributed by atoms with Crippen LogP contribution in [0.25, 0.3) is 11.0 Å². The summed E-state index contributed by atoms with van der Waals surface area (Å²) < 4.78 is 9.32. The summed E-state index contributed by atoms with van der Waals surface area (Å²) in [5, 5.41) is 3.16. The number of amides is 2. The number of hydrogen-bond donors (Lipinski definition) is 1. The van der Waals surface area contributed by atoms with Gasteiger partial charge in [0, 0.05) is 40.2 Å². The molecule has 0 unspecified atom stereocenters. The van der Waals surface area contributed by atoms with Gasteiger partial charge in [0.2, 0.25) is 5.91 Å². The van der Waals surface area contributed by atoms with Gasteiger partial charge in [0.05, 0.1) is 11.0 Å². The number of aromatic nitrogens is 2. The second kappa shape index (κ2) is 11.3. The number of ether oxygens (including phenoxy) is 1. The molecule has 3 aromatic rings. The maximum atomic E-state index is 13.1. The van der Waals surface area contributed by atoms with E-state index in [1.54, 1.807) is 30.2 Å². The molecule has 2 amide bonds. The molecule has 1 N–H and O–H groups in total. The average molecular weight is 533 g/mol. The van der Waals surface area contributed by atoms with Crippen LogP contribution in [0.5, 0.6) is 5.75 Å². The summed E-state index contributed by atoms with van der Waals surface area (Å²) in [4.78, 5) is 40.2. The van der Waals surface area contributed by atoms with Gasteiger partial charge in [-0.3, -0.25) is 18.7 Å². The van der Waals surface area contributed by atoms with Crippen molar-refractivity contribution in [3.05, 3.63) is 64.1 Å². The van der Waals surface area contributed by atoms with Gasteiger partial charge >= 0.3 is 5.69 Å². The number of benzene rings is 2. The van der Waals surface area contributed by atoms with Crippen molar-refractivity contribution in [3.63, 3.8) is 0 Å². The molecule has 2 aliphatic rings. The van der Waals surface area contributed by atoms with E-state index in [2.05, 4.69) is 11.4 Å². The van der Waals surface area contributed by atoms with Crippen molar-refractivity contribution in [1.29, 1.82) is 0 Å². The molecule has 1 atom stereocenters. The van der Waals surface area contributed by atoms with Crippen LogP contribution in [0.1, 0.15) is 56.6 Å². The minimum atomic E-state index is -0.554. The van der Waals surface area contributed by atoms with Crippen LogP contribution >= 0.6 is 0 Å². The Morgan fingerprint density at radius 3 is 2.54 bits per heavy atom. The number of carbonyl (C=O) groups excluding carboxylic acids is 2. The molecule has 0 aliphatic carbocycles. The SMILES string of the molecule is C[C@H]1Oc2ccccc2CCCCC2(CCN(C(=O)CCc3ccc4c(c3)n(C)c(=O)n4C)CC2)CNC1=O. The first kappa shape index (κ1) is 27.0. The van der Waals surface area contributed by atoms with E-state index in [0.717, 1.165) is 79.5 Å². The van der Waals surface area contributed by atoms with Crippen molar-refractivity contribution in [2.75, 3.05) is 19.6 Å². The highest BCUT2D eigenvalue weighted by molar-refractivity contribution is 5.81. The number of para-hydroxylation sites is 1. The van der Waals surface area contributed by atoms with E-state index < -0.39 is 6.10 Å². The third kappa shape index (κ3) is 5.75. The maximum Gasteiger partial charge on any atom is 0.328 e. The lowest BCUT2D eigenvalue weighted by molar-refractivity contribution is -0.134. The largest absolute Gasteiger partial charge is 0.481 e. The zero-order chi connectivity index (χ0) is 27.6. The molecule has 8 heteroatoms. The molecule has 1 spiro atoms. The molecule has 0 radical (unpaired) electrons. The van der Waals surface area contributed by atoms with E-state index in [9.17, 15) is 14.4 Å². The highest BCUT2D eigenvalue weighted by Gasteiger charge is 2.36. The Balaban J connectivity index is 1.19. The van der Waals surface area contributed by atoms with Gasteiger partial charge in [0.1, 0.15) is 5.75 Å². The van der Waals surface area contributed by atoms with Crippen molar-refractivity contribution in [2.45, 2.75) is 64.4 Å². The van der Waals surface area contributed by atoms with Crippen molar-refractivity contribution < 1.29 is 14.3 Å². The molecule has 2 aromatic carbocycles. The molecular weight excluding hydrogens is 492 g/mol. The van der Waals surface area contributed by atoms with Crippen LogP contribution in [0.3, 0.4) is 0 Å². The van der Waals surface area contributed by atoms with Gasteiger partial charge in [-0.25, -0.2) is 4.79 Å². The first-order chi connectivity index (χ1) is 18.8. The maximum absolute atomic E-state index is 13.1. The summed E-state index contributed by atoms with van der Waals surface area (Å²) in [6.45, 7) is 3.87. The van der Waals surface area contributed by atoms with E-state index in [1.807, 2.05) is 41.3 Å². The highest BCUT2D eigenvalue weighted by atomic mass is 16.5. The smallest absolute Gasteiger partial charge is 0.328 e. The molecule has 1 aromatic heterocycles. The molecule has 2 aliphatic heterocycles. The minimum Gasteiger partial charge on any atom is -0.481 e. The number of nitrogens with zero attached hydrogens (tertiary/aromatic N) is 3. The number of likely N-dealkylation sites (tertiary alicyclic amines) is 1. The fourth-order valence-corrected chi connectivity index (χ4v) is 6.17.